The lowest BCUT2D eigenvalue weighted by molar-refractivity contribution is -0.122. The molecule has 1 saturated carbocycles. The largest absolute Gasteiger partial charge is 0.505 e. The Kier molecular flexibility index (Phi) is 6.00. The normalized spacial score (nSPS) is 15.9. The topological polar surface area (TPSA) is 62.2 Å². The smallest absolute Gasteiger partial charge is 0.221 e. The van der Waals surface area contributed by atoms with E-state index in [1.165, 1.54) is 19.3 Å². The van der Waals surface area contributed by atoms with Crippen molar-refractivity contribution >= 4 is 28.4 Å². The van der Waals surface area contributed by atoms with Gasteiger partial charge in [0.2, 0.25) is 5.91 Å². The fourth-order valence-corrected chi connectivity index (χ4v) is 4.37. The van der Waals surface area contributed by atoms with Crippen molar-refractivity contribution in [3.05, 3.63) is 70.9 Å². The maximum Gasteiger partial charge on any atom is 0.221 e. The summed E-state index contributed by atoms with van der Waals surface area (Å²) in [5, 5.41) is 15.6. The number of rotatable bonds is 5. The molecule has 4 rings (SSSR count). The van der Waals surface area contributed by atoms with Gasteiger partial charge in [0.15, 0.2) is 0 Å². The van der Waals surface area contributed by atoms with Gasteiger partial charge in [0, 0.05) is 28.6 Å². The summed E-state index contributed by atoms with van der Waals surface area (Å²) >= 11 is 6.06. The predicted molar refractivity (Wildman–Crippen MR) is 116 cm³/mol. The zero-order valence-electron chi connectivity index (χ0n) is 16.3. The molecule has 1 unspecified atom stereocenters. The van der Waals surface area contributed by atoms with Gasteiger partial charge in [0.25, 0.3) is 0 Å². The van der Waals surface area contributed by atoms with Crippen LogP contribution in [0.5, 0.6) is 5.75 Å². The molecule has 1 aliphatic carbocycles. The van der Waals surface area contributed by atoms with Crippen LogP contribution in [0.1, 0.15) is 55.7 Å². The van der Waals surface area contributed by atoms with E-state index in [-0.39, 0.29) is 11.7 Å². The van der Waals surface area contributed by atoms with Gasteiger partial charge in [0.1, 0.15) is 11.3 Å². The molecule has 0 spiro atoms. The maximum absolute atomic E-state index is 12.9. The summed E-state index contributed by atoms with van der Waals surface area (Å²) in [5.41, 5.74) is 2.04. The molecule has 1 heterocycles. The highest BCUT2D eigenvalue weighted by molar-refractivity contribution is 6.30. The summed E-state index contributed by atoms with van der Waals surface area (Å²) in [6.07, 6.45) is 8.09. The van der Waals surface area contributed by atoms with Crippen molar-refractivity contribution in [1.82, 2.24) is 10.3 Å². The zero-order valence-corrected chi connectivity index (χ0v) is 17.0. The Hall–Kier alpha value is -2.59. The molecule has 150 valence electrons. The summed E-state index contributed by atoms with van der Waals surface area (Å²) in [6.45, 7) is 0. The number of hydrogen-bond acceptors (Lipinski definition) is 3. The summed E-state index contributed by atoms with van der Waals surface area (Å²) < 4.78 is 0. The van der Waals surface area contributed by atoms with Gasteiger partial charge in [-0.1, -0.05) is 61.2 Å². The maximum atomic E-state index is 12.9. The Morgan fingerprint density at radius 1 is 1.10 bits per heavy atom. The van der Waals surface area contributed by atoms with Crippen LogP contribution in [0.3, 0.4) is 0 Å². The number of nitrogens with zero attached hydrogens (tertiary/aromatic N) is 1. The molecule has 5 heteroatoms. The van der Waals surface area contributed by atoms with Crippen LogP contribution < -0.4 is 5.32 Å². The summed E-state index contributed by atoms with van der Waals surface area (Å²) in [6, 6.07) is 14.4. The average Bonchev–Trinajstić information content (AvgIpc) is 2.74. The minimum Gasteiger partial charge on any atom is -0.505 e. The molecule has 29 heavy (non-hydrogen) atoms. The third kappa shape index (κ3) is 4.54. The van der Waals surface area contributed by atoms with E-state index >= 15 is 0 Å². The molecular weight excluding hydrogens is 384 g/mol. The van der Waals surface area contributed by atoms with E-state index in [9.17, 15) is 9.90 Å². The van der Waals surface area contributed by atoms with Crippen LogP contribution >= 0.6 is 11.6 Å². The van der Waals surface area contributed by atoms with Gasteiger partial charge >= 0.3 is 0 Å². The predicted octanol–water partition coefficient (Wildman–Crippen LogP) is 5.77. The molecule has 1 atom stereocenters. The van der Waals surface area contributed by atoms with Gasteiger partial charge in [-0.3, -0.25) is 9.78 Å². The molecule has 1 amide bonds. The van der Waals surface area contributed by atoms with E-state index in [4.69, 9.17) is 11.6 Å². The second-order valence-corrected chi connectivity index (χ2v) is 8.28. The lowest BCUT2D eigenvalue weighted by atomic mass is 9.86. The number of hydrogen-bond donors (Lipinski definition) is 2. The molecule has 1 fully saturated rings. The van der Waals surface area contributed by atoms with E-state index in [1.54, 1.807) is 18.3 Å². The van der Waals surface area contributed by atoms with Crippen LogP contribution in [-0.4, -0.2) is 16.0 Å². The van der Waals surface area contributed by atoms with Gasteiger partial charge in [-0.2, -0.15) is 0 Å². The van der Waals surface area contributed by atoms with Crippen LogP contribution in [0.4, 0.5) is 0 Å². The van der Waals surface area contributed by atoms with Gasteiger partial charge in [-0.05, 0) is 42.5 Å². The minimum absolute atomic E-state index is 0.0115. The van der Waals surface area contributed by atoms with Crippen LogP contribution in [0.25, 0.3) is 10.9 Å². The second kappa shape index (κ2) is 8.83. The Morgan fingerprint density at radius 2 is 1.86 bits per heavy atom. The molecule has 1 aromatic heterocycles. The molecule has 0 bridgehead atoms. The van der Waals surface area contributed by atoms with Crippen molar-refractivity contribution in [1.29, 1.82) is 0 Å². The number of nitrogens with one attached hydrogen (secondary N) is 1. The number of pyridine rings is 1. The number of amides is 1. The molecule has 4 nitrogen and oxygen atoms in total. The molecule has 2 aromatic carbocycles. The van der Waals surface area contributed by atoms with Gasteiger partial charge < -0.3 is 10.4 Å². The molecule has 0 radical (unpaired) electrons. The fraction of sp³-hybridized carbons (Fsp3) is 0.333. The molecule has 2 N–H and O–H groups in total. The highest BCUT2D eigenvalue weighted by atomic mass is 35.5. The lowest BCUT2D eigenvalue weighted by Crippen LogP contribution is -2.31. The highest BCUT2D eigenvalue weighted by Crippen LogP contribution is 2.35. The quantitative estimate of drug-likeness (QED) is 0.563. The van der Waals surface area contributed by atoms with Crippen LogP contribution in [-0.2, 0) is 4.79 Å². The van der Waals surface area contributed by atoms with Crippen molar-refractivity contribution < 1.29 is 9.90 Å². The van der Waals surface area contributed by atoms with E-state index in [1.807, 2.05) is 36.4 Å². The number of phenols is 1. The number of phenolic OH excluding ortho intramolecular Hbond substituents is 1. The Morgan fingerprint density at radius 3 is 2.62 bits per heavy atom. The number of aromatic nitrogens is 1. The van der Waals surface area contributed by atoms with E-state index in [0.717, 1.165) is 23.8 Å². The lowest BCUT2D eigenvalue weighted by Gasteiger charge is -2.25. The van der Waals surface area contributed by atoms with Gasteiger partial charge in [-0.25, -0.2) is 0 Å². The van der Waals surface area contributed by atoms with Gasteiger partial charge in [-0.15, -0.1) is 0 Å². The van der Waals surface area contributed by atoms with Crippen molar-refractivity contribution in [3.63, 3.8) is 0 Å². The monoisotopic (exact) mass is 408 g/mol. The molecule has 0 aliphatic heterocycles. The van der Waals surface area contributed by atoms with E-state index in [0.29, 0.717) is 28.4 Å². The number of aromatic hydroxyl groups is 1. The third-order valence-electron chi connectivity index (χ3n) is 5.80. The Balaban J connectivity index is 1.66. The number of halogens is 1. The van der Waals surface area contributed by atoms with Crippen LogP contribution in [0.15, 0.2) is 54.7 Å². The average molecular weight is 409 g/mol. The highest BCUT2D eigenvalue weighted by Gasteiger charge is 2.24. The minimum atomic E-state index is -0.463. The fourth-order valence-electron chi connectivity index (χ4n) is 4.25. The summed E-state index contributed by atoms with van der Waals surface area (Å²) in [7, 11) is 0. The zero-order chi connectivity index (χ0) is 20.2. The first-order valence-electron chi connectivity index (χ1n) is 10.2. The van der Waals surface area contributed by atoms with Crippen molar-refractivity contribution in [2.75, 3.05) is 0 Å². The first-order valence-corrected chi connectivity index (χ1v) is 10.6. The van der Waals surface area contributed by atoms with E-state index in [2.05, 4.69) is 10.3 Å². The summed E-state index contributed by atoms with van der Waals surface area (Å²) in [4.78, 5) is 17.2. The van der Waals surface area contributed by atoms with Crippen LogP contribution in [0.2, 0.25) is 5.02 Å². The first-order chi connectivity index (χ1) is 14.1. The number of carbonyl (C=O) groups excluding carboxylic acids is 1. The Labute approximate surface area is 175 Å². The molecule has 0 saturated heterocycles. The van der Waals surface area contributed by atoms with Crippen molar-refractivity contribution in [3.8, 4) is 5.75 Å². The third-order valence-corrected chi connectivity index (χ3v) is 6.05. The standard InChI is InChI=1S/C24H25ClN2O2/c25-19-11-8-18(9-12-19)22(27-21(28)15-16-5-2-1-3-6-16)20-13-10-17-7-4-14-26-23(17)24(20)29/h4,7-14,16,22,29H,1-3,5-6,15H2,(H,27,28). The number of benzene rings is 2. The van der Waals surface area contributed by atoms with Crippen molar-refractivity contribution in [2.24, 2.45) is 5.92 Å². The molecule has 3 aromatic rings. The van der Waals surface area contributed by atoms with Crippen LogP contribution in [0, 0.1) is 5.92 Å². The number of carbonyl (C=O) groups is 1. The second-order valence-electron chi connectivity index (χ2n) is 7.84. The first kappa shape index (κ1) is 19.7. The Bertz CT molecular complexity index is 997. The van der Waals surface area contributed by atoms with E-state index < -0.39 is 6.04 Å². The summed E-state index contributed by atoms with van der Waals surface area (Å²) in [5.74, 6) is 0.555. The molecular formula is C24H25ClN2O2. The molecule has 1 aliphatic rings. The SMILES string of the molecule is O=C(CC1CCCCC1)NC(c1ccc(Cl)cc1)c1ccc2cccnc2c1O. The van der Waals surface area contributed by atoms with Gasteiger partial charge in [0.05, 0.1) is 6.04 Å². The van der Waals surface area contributed by atoms with Crippen molar-refractivity contribution in [2.45, 2.75) is 44.6 Å². The number of fused-ring (bicyclic) bond motifs is 1.